The Labute approximate surface area is 181 Å². The maximum atomic E-state index is 12.3. The van der Waals surface area contributed by atoms with E-state index in [0.29, 0.717) is 10.3 Å². The number of hydrogen-bond acceptors (Lipinski definition) is 6. The molecule has 2 aromatic carbocycles. The molecule has 2 N–H and O–H groups in total. The van der Waals surface area contributed by atoms with E-state index in [-0.39, 0.29) is 0 Å². The standard InChI is InChI=1S/C22H18N4O2S2/c1-13-7-3-5-9-15(13)17-11-29-21(23-17)25-19(27)20(28)26-22-24-18(12-30-22)16-10-6-4-8-14(16)2/h3-12H,1-2H3,(H,23,25,27)(H,24,26,28). The van der Waals surface area contributed by atoms with E-state index in [2.05, 4.69) is 20.6 Å². The highest BCUT2D eigenvalue weighted by atomic mass is 32.1. The summed E-state index contributed by atoms with van der Waals surface area (Å²) in [4.78, 5) is 33.4. The van der Waals surface area contributed by atoms with Crippen molar-refractivity contribution < 1.29 is 9.59 Å². The highest BCUT2D eigenvalue weighted by Gasteiger charge is 2.18. The van der Waals surface area contributed by atoms with E-state index in [9.17, 15) is 9.59 Å². The lowest BCUT2D eigenvalue weighted by molar-refractivity contribution is -0.132. The summed E-state index contributed by atoms with van der Waals surface area (Å²) in [5.41, 5.74) is 5.68. The zero-order chi connectivity index (χ0) is 21.1. The van der Waals surface area contributed by atoms with Crippen LogP contribution in [0.4, 0.5) is 10.3 Å². The predicted octanol–water partition coefficient (Wildman–Crippen LogP) is 5.13. The minimum Gasteiger partial charge on any atom is -0.294 e. The van der Waals surface area contributed by atoms with E-state index in [0.717, 1.165) is 33.6 Å². The van der Waals surface area contributed by atoms with Crippen molar-refractivity contribution in [3.63, 3.8) is 0 Å². The van der Waals surface area contributed by atoms with Gasteiger partial charge in [-0.05, 0) is 25.0 Å². The molecule has 30 heavy (non-hydrogen) atoms. The molecule has 8 heteroatoms. The molecule has 4 aromatic rings. The molecule has 2 heterocycles. The molecule has 6 nitrogen and oxygen atoms in total. The molecule has 4 rings (SSSR count). The second-order valence-electron chi connectivity index (χ2n) is 6.61. The van der Waals surface area contributed by atoms with Gasteiger partial charge in [-0.2, -0.15) is 0 Å². The SMILES string of the molecule is Cc1ccccc1-c1csc(NC(=O)C(=O)Nc2nc(-c3ccccc3C)cs2)n1. The van der Waals surface area contributed by atoms with Gasteiger partial charge < -0.3 is 0 Å². The first-order valence-corrected chi connectivity index (χ1v) is 10.9. The highest BCUT2D eigenvalue weighted by molar-refractivity contribution is 7.14. The van der Waals surface area contributed by atoms with E-state index in [1.54, 1.807) is 0 Å². The minimum atomic E-state index is -0.784. The lowest BCUT2D eigenvalue weighted by atomic mass is 10.1. The van der Waals surface area contributed by atoms with Crippen molar-refractivity contribution in [1.82, 2.24) is 9.97 Å². The van der Waals surface area contributed by atoms with Crippen LogP contribution in [0.15, 0.2) is 59.3 Å². The lowest BCUT2D eigenvalue weighted by Crippen LogP contribution is -2.28. The lowest BCUT2D eigenvalue weighted by Gasteiger charge is -2.03. The Morgan fingerprint density at radius 3 is 1.50 bits per heavy atom. The van der Waals surface area contributed by atoms with Crippen LogP contribution in [0.1, 0.15) is 11.1 Å². The Hall–Kier alpha value is -3.36. The van der Waals surface area contributed by atoms with Gasteiger partial charge >= 0.3 is 11.8 Å². The van der Waals surface area contributed by atoms with Crippen LogP contribution in [0.25, 0.3) is 22.5 Å². The molecule has 150 valence electrons. The summed E-state index contributed by atoms with van der Waals surface area (Å²) >= 11 is 2.54. The highest BCUT2D eigenvalue weighted by Crippen LogP contribution is 2.28. The molecule has 0 fully saturated rings. The quantitative estimate of drug-likeness (QED) is 0.436. The summed E-state index contributed by atoms with van der Waals surface area (Å²) in [6, 6.07) is 15.7. The zero-order valence-electron chi connectivity index (χ0n) is 16.3. The number of anilines is 2. The van der Waals surface area contributed by atoms with Gasteiger partial charge in [0.25, 0.3) is 0 Å². The van der Waals surface area contributed by atoms with E-state index in [1.165, 1.54) is 22.7 Å². The summed E-state index contributed by atoms with van der Waals surface area (Å²) in [7, 11) is 0. The fourth-order valence-corrected chi connectivity index (χ4v) is 4.35. The van der Waals surface area contributed by atoms with Gasteiger partial charge in [-0.25, -0.2) is 9.97 Å². The van der Waals surface area contributed by atoms with Crippen molar-refractivity contribution in [2.24, 2.45) is 0 Å². The first-order chi connectivity index (χ1) is 14.5. The first kappa shape index (κ1) is 19.9. The summed E-state index contributed by atoms with van der Waals surface area (Å²) in [5.74, 6) is -1.57. The van der Waals surface area contributed by atoms with Crippen molar-refractivity contribution >= 4 is 44.8 Å². The largest absolute Gasteiger partial charge is 0.315 e. The Kier molecular flexibility index (Phi) is 5.69. The van der Waals surface area contributed by atoms with E-state index < -0.39 is 11.8 Å². The van der Waals surface area contributed by atoms with Gasteiger partial charge in [-0.3, -0.25) is 20.2 Å². The molecule has 2 aromatic heterocycles. The van der Waals surface area contributed by atoms with Gasteiger partial charge in [0, 0.05) is 21.9 Å². The Bertz CT molecular complexity index is 1130. The molecule has 0 radical (unpaired) electrons. The van der Waals surface area contributed by atoms with Gasteiger partial charge in [-0.1, -0.05) is 48.5 Å². The second kappa shape index (κ2) is 8.56. The Morgan fingerprint density at radius 2 is 1.10 bits per heavy atom. The summed E-state index contributed by atoms with van der Waals surface area (Å²) in [6.45, 7) is 4.00. The Morgan fingerprint density at radius 1 is 0.700 bits per heavy atom. The number of hydrogen-bond donors (Lipinski definition) is 2. The summed E-state index contributed by atoms with van der Waals surface area (Å²) < 4.78 is 0. The van der Waals surface area contributed by atoms with Crippen molar-refractivity contribution in [3.05, 3.63) is 70.4 Å². The molecule has 0 aliphatic rings. The number of aromatic nitrogens is 2. The van der Waals surface area contributed by atoms with Crippen molar-refractivity contribution in [1.29, 1.82) is 0 Å². The Balaban J connectivity index is 1.41. The van der Waals surface area contributed by atoms with Crippen LogP contribution < -0.4 is 10.6 Å². The van der Waals surface area contributed by atoms with Gasteiger partial charge in [0.05, 0.1) is 11.4 Å². The molecule has 0 aliphatic heterocycles. The van der Waals surface area contributed by atoms with Crippen molar-refractivity contribution in [2.75, 3.05) is 10.6 Å². The van der Waals surface area contributed by atoms with Crippen LogP contribution in [0.3, 0.4) is 0 Å². The molecule has 0 unspecified atom stereocenters. The molecular weight excluding hydrogens is 416 g/mol. The van der Waals surface area contributed by atoms with Crippen LogP contribution in [0, 0.1) is 13.8 Å². The number of nitrogens with zero attached hydrogens (tertiary/aromatic N) is 2. The number of amides is 2. The topological polar surface area (TPSA) is 84.0 Å². The van der Waals surface area contributed by atoms with Gasteiger partial charge in [0.1, 0.15) is 0 Å². The molecule has 0 aliphatic carbocycles. The molecule has 0 bridgehead atoms. The number of carbonyl (C=O) groups is 2. The monoisotopic (exact) mass is 434 g/mol. The fraction of sp³-hybridized carbons (Fsp3) is 0.0909. The molecule has 0 atom stereocenters. The maximum Gasteiger partial charge on any atom is 0.315 e. The minimum absolute atomic E-state index is 0.369. The zero-order valence-corrected chi connectivity index (χ0v) is 17.9. The van der Waals surface area contributed by atoms with Gasteiger partial charge in [0.15, 0.2) is 10.3 Å². The average Bonchev–Trinajstić information content (AvgIpc) is 3.38. The third kappa shape index (κ3) is 4.29. The number of aryl methyl sites for hydroxylation is 2. The number of benzene rings is 2. The molecular formula is C22H18N4O2S2. The van der Waals surface area contributed by atoms with Gasteiger partial charge in [-0.15, -0.1) is 22.7 Å². The van der Waals surface area contributed by atoms with Crippen molar-refractivity contribution in [2.45, 2.75) is 13.8 Å². The van der Waals surface area contributed by atoms with Crippen LogP contribution in [0.5, 0.6) is 0 Å². The van der Waals surface area contributed by atoms with Crippen LogP contribution >= 0.6 is 22.7 Å². The second-order valence-corrected chi connectivity index (χ2v) is 8.33. The molecule has 0 spiro atoms. The first-order valence-electron chi connectivity index (χ1n) is 9.16. The number of nitrogens with one attached hydrogen (secondary N) is 2. The summed E-state index contributed by atoms with van der Waals surface area (Å²) in [6.07, 6.45) is 0. The van der Waals surface area contributed by atoms with Gasteiger partial charge in [0.2, 0.25) is 0 Å². The van der Waals surface area contributed by atoms with E-state index in [4.69, 9.17) is 0 Å². The van der Waals surface area contributed by atoms with E-state index >= 15 is 0 Å². The third-order valence-electron chi connectivity index (χ3n) is 4.50. The fourth-order valence-electron chi connectivity index (χ4n) is 2.94. The average molecular weight is 435 g/mol. The van der Waals surface area contributed by atoms with E-state index in [1.807, 2.05) is 73.1 Å². The third-order valence-corrected chi connectivity index (χ3v) is 6.01. The number of thiazole rings is 2. The van der Waals surface area contributed by atoms with Crippen LogP contribution in [0.2, 0.25) is 0 Å². The van der Waals surface area contributed by atoms with Crippen LogP contribution in [-0.4, -0.2) is 21.8 Å². The molecule has 0 saturated heterocycles. The molecule has 2 amide bonds. The van der Waals surface area contributed by atoms with Crippen molar-refractivity contribution in [3.8, 4) is 22.5 Å². The maximum absolute atomic E-state index is 12.3. The van der Waals surface area contributed by atoms with Crippen LogP contribution in [-0.2, 0) is 9.59 Å². The predicted molar refractivity (Wildman–Crippen MR) is 122 cm³/mol. The smallest absolute Gasteiger partial charge is 0.294 e. The molecule has 0 saturated carbocycles. The summed E-state index contributed by atoms with van der Waals surface area (Å²) in [5, 5.41) is 9.55. The normalized spacial score (nSPS) is 10.6. The number of carbonyl (C=O) groups excluding carboxylic acids is 2. The number of rotatable bonds is 4.